The molecule has 0 saturated heterocycles. The summed E-state index contributed by atoms with van der Waals surface area (Å²) in [5.74, 6) is 0. The van der Waals surface area contributed by atoms with Crippen molar-refractivity contribution >= 4 is 21.9 Å². The summed E-state index contributed by atoms with van der Waals surface area (Å²) in [6.45, 7) is 0. The predicted octanol–water partition coefficient (Wildman–Crippen LogP) is 3.86. The largest absolute Gasteiger partial charge is 0.403 e. The highest BCUT2D eigenvalue weighted by atomic mass is 16.3. The van der Waals surface area contributed by atoms with Gasteiger partial charge in [-0.2, -0.15) is 0 Å². The number of hydrogen-bond donors (Lipinski definition) is 0. The molecule has 2 heteroatoms. The number of para-hydroxylation sites is 2. The Kier molecular flexibility index (Phi) is 2.15. The zero-order chi connectivity index (χ0) is 12.7. The van der Waals surface area contributed by atoms with Crippen LogP contribution in [0.5, 0.6) is 0 Å². The van der Waals surface area contributed by atoms with Crippen molar-refractivity contribution in [3.63, 3.8) is 0 Å². The van der Waals surface area contributed by atoms with Gasteiger partial charge in [0.15, 0.2) is 0 Å². The molecule has 0 unspecified atom stereocenters. The average molecular weight is 246 g/mol. The smallest absolute Gasteiger partial charge is 0.341 e. The van der Waals surface area contributed by atoms with Gasteiger partial charge in [0.25, 0.3) is 5.52 Å². The second-order valence-corrected chi connectivity index (χ2v) is 4.56. The second kappa shape index (κ2) is 3.95. The van der Waals surface area contributed by atoms with Crippen LogP contribution in [-0.4, -0.2) is 0 Å². The predicted molar refractivity (Wildman–Crippen MR) is 75.3 cm³/mol. The summed E-state index contributed by atoms with van der Waals surface area (Å²) < 4.78 is 7.71. The lowest BCUT2D eigenvalue weighted by Crippen LogP contribution is -2.28. The summed E-state index contributed by atoms with van der Waals surface area (Å²) in [4.78, 5) is 0. The van der Waals surface area contributed by atoms with Crippen LogP contribution >= 0.6 is 0 Å². The third kappa shape index (κ3) is 1.54. The highest BCUT2D eigenvalue weighted by Crippen LogP contribution is 2.20. The number of benzene rings is 3. The van der Waals surface area contributed by atoms with Crippen molar-refractivity contribution in [2.45, 2.75) is 0 Å². The fourth-order valence-electron chi connectivity index (χ4n) is 2.53. The van der Waals surface area contributed by atoms with E-state index in [0.29, 0.717) is 0 Å². The van der Waals surface area contributed by atoms with E-state index in [1.807, 2.05) is 18.2 Å². The number of rotatable bonds is 1. The molecule has 0 atom stereocenters. The maximum absolute atomic E-state index is 5.62. The van der Waals surface area contributed by atoms with E-state index in [0.717, 1.165) is 16.8 Å². The van der Waals surface area contributed by atoms with Crippen LogP contribution in [0, 0.1) is 0 Å². The number of nitrogens with zero attached hydrogens (tertiary/aromatic N) is 1. The minimum absolute atomic E-state index is 0.899. The summed E-state index contributed by atoms with van der Waals surface area (Å²) in [5.41, 5.74) is 3.12. The van der Waals surface area contributed by atoms with Crippen molar-refractivity contribution in [3.05, 3.63) is 73.1 Å². The fourth-order valence-corrected chi connectivity index (χ4v) is 2.53. The van der Waals surface area contributed by atoms with Gasteiger partial charge in [0.2, 0.25) is 11.3 Å². The first-order chi connectivity index (χ1) is 9.43. The third-order valence-electron chi connectivity index (χ3n) is 3.44. The average Bonchev–Trinajstić information content (AvgIpc) is 2.90. The molecule has 0 N–H and O–H groups in total. The molecule has 90 valence electrons. The minimum atomic E-state index is 0.899. The molecule has 0 fully saturated rings. The number of hydrogen-bond acceptors (Lipinski definition) is 1. The first kappa shape index (κ1) is 10.3. The van der Waals surface area contributed by atoms with Crippen molar-refractivity contribution < 1.29 is 8.98 Å². The van der Waals surface area contributed by atoms with E-state index in [-0.39, 0.29) is 0 Å². The van der Waals surface area contributed by atoms with Gasteiger partial charge in [-0.15, -0.1) is 4.57 Å². The molecule has 2 nitrogen and oxygen atoms in total. The molecule has 1 heterocycles. The van der Waals surface area contributed by atoms with E-state index in [1.54, 1.807) is 6.39 Å². The third-order valence-corrected chi connectivity index (χ3v) is 3.44. The number of oxazole rings is 1. The highest BCUT2D eigenvalue weighted by Gasteiger charge is 2.17. The van der Waals surface area contributed by atoms with E-state index >= 15 is 0 Å². The van der Waals surface area contributed by atoms with Gasteiger partial charge in [-0.05, 0) is 17.5 Å². The van der Waals surface area contributed by atoms with E-state index < -0.39 is 0 Å². The fraction of sp³-hybridized carbons (Fsp3) is 0. The summed E-state index contributed by atoms with van der Waals surface area (Å²) in [6.07, 6.45) is 1.77. The van der Waals surface area contributed by atoms with Gasteiger partial charge < -0.3 is 4.42 Å². The zero-order valence-electron chi connectivity index (χ0n) is 10.3. The zero-order valence-corrected chi connectivity index (χ0v) is 10.3. The van der Waals surface area contributed by atoms with Crippen LogP contribution in [0.25, 0.3) is 27.6 Å². The molecule has 0 aliphatic rings. The molecule has 0 amide bonds. The molecule has 0 aliphatic heterocycles. The molecular weight excluding hydrogens is 234 g/mol. The molecule has 0 aliphatic carbocycles. The van der Waals surface area contributed by atoms with Crippen LogP contribution in [0.15, 0.2) is 77.5 Å². The summed E-state index contributed by atoms with van der Waals surface area (Å²) in [7, 11) is 0. The van der Waals surface area contributed by atoms with Gasteiger partial charge in [-0.1, -0.05) is 42.5 Å². The number of fused-ring (bicyclic) bond motifs is 2. The van der Waals surface area contributed by atoms with Crippen LogP contribution in [0.4, 0.5) is 0 Å². The van der Waals surface area contributed by atoms with Crippen molar-refractivity contribution in [2.75, 3.05) is 0 Å². The van der Waals surface area contributed by atoms with Gasteiger partial charge in [0, 0.05) is 12.1 Å². The maximum atomic E-state index is 5.62. The summed E-state index contributed by atoms with van der Waals surface area (Å²) in [6, 6.07) is 22.8. The maximum Gasteiger partial charge on any atom is 0.341 e. The van der Waals surface area contributed by atoms with Crippen molar-refractivity contribution in [3.8, 4) is 5.69 Å². The second-order valence-electron chi connectivity index (χ2n) is 4.56. The van der Waals surface area contributed by atoms with E-state index in [2.05, 4.69) is 53.1 Å². The van der Waals surface area contributed by atoms with E-state index in [9.17, 15) is 0 Å². The molecule has 1 aromatic heterocycles. The molecule has 0 bridgehead atoms. The molecule has 19 heavy (non-hydrogen) atoms. The van der Waals surface area contributed by atoms with Gasteiger partial charge in [0.1, 0.15) is 0 Å². The summed E-state index contributed by atoms with van der Waals surface area (Å²) in [5, 5.41) is 2.46. The molecule has 0 radical (unpaired) electrons. The molecule has 4 aromatic rings. The Balaban J connectivity index is 2.10. The Morgan fingerprint density at radius 3 is 2.53 bits per heavy atom. The van der Waals surface area contributed by atoms with Crippen LogP contribution in [0.2, 0.25) is 0 Å². The van der Waals surface area contributed by atoms with Crippen LogP contribution in [0.3, 0.4) is 0 Å². The van der Waals surface area contributed by atoms with Crippen LogP contribution < -0.4 is 4.57 Å². The van der Waals surface area contributed by atoms with Gasteiger partial charge >= 0.3 is 6.39 Å². The normalized spacial score (nSPS) is 11.2. The van der Waals surface area contributed by atoms with Crippen molar-refractivity contribution in [1.29, 1.82) is 0 Å². The van der Waals surface area contributed by atoms with Gasteiger partial charge in [-0.3, -0.25) is 0 Å². The molecule has 0 saturated carbocycles. The van der Waals surface area contributed by atoms with E-state index in [4.69, 9.17) is 4.42 Å². The van der Waals surface area contributed by atoms with Crippen molar-refractivity contribution in [2.24, 2.45) is 0 Å². The van der Waals surface area contributed by atoms with E-state index in [1.165, 1.54) is 10.8 Å². The first-order valence-corrected chi connectivity index (χ1v) is 6.29. The van der Waals surface area contributed by atoms with Crippen LogP contribution in [0.1, 0.15) is 0 Å². The quantitative estimate of drug-likeness (QED) is 0.466. The Morgan fingerprint density at radius 2 is 1.53 bits per heavy atom. The Hall–Kier alpha value is -2.61. The SMILES string of the molecule is c1ccc2c(-[n+]3coc4ccccc43)cccc2c1. The Labute approximate surface area is 110 Å². The van der Waals surface area contributed by atoms with Gasteiger partial charge in [-0.25, -0.2) is 0 Å². The van der Waals surface area contributed by atoms with Crippen molar-refractivity contribution in [1.82, 2.24) is 0 Å². The Bertz CT molecular complexity index is 871. The lowest BCUT2D eigenvalue weighted by atomic mass is 10.1. The standard InChI is InChI=1S/C17H12NO/c1-2-8-14-13(6-1)7-5-10-15(14)18-12-19-17-11-4-3-9-16(17)18/h1-12H/q+1. The monoisotopic (exact) mass is 246 g/mol. The summed E-state index contributed by atoms with van der Waals surface area (Å²) >= 11 is 0. The van der Waals surface area contributed by atoms with Crippen LogP contribution in [-0.2, 0) is 0 Å². The lowest BCUT2D eigenvalue weighted by Gasteiger charge is -1.99. The van der Waals surface area contributed by atoms with Gasteiger partial charge in [0.05, 0.1) is 5.39 Å². The number of aromatic nitrogens is 1. The molecular formula is C17H12NO+. The first-order valence-electron chi connectivity index (χ1n) is 6.29. The molecule has 0 spiro atoms. The highest BCUT2D eigenvalue weighted by molar-refractivity contribution is 5.88. The Morgan fingerprint density at radius 1 is 0.737 bits per heavy atom. The topological polar surface area (TPSA) is 17.0 Å². The minimum Gasteiger partial charge on any atom is -0.403 e. The lowest BCUT2D eigenvalue weighted by molar-refractivity contribution is -0.571. The molecule has 4 rings (SSSR count). The molecule has 3 aromatic carbocycles.